The van der Waals surface area contributed by atoms with Crippen molar-refractivity contribution in [3.8, 4) is 0 Å². The van der Waals surface area contributed by atoms with Crippen molar-refractivity contribution in [3.05, 3.63) is 33.8 Å². The number of nitrogens with zero attached hydrogens (tertiary/aromatic N) is 1. The second-order valence-electron chi connectivity index (χ2n) is 4.56. The Kier molecular flexibility index (Phi) is 7.44. The molecule has 0 N–H and O–H groups in total. The predicted molar refractivity (Wildman–Crippen MR) is 82.4 cm³/mol. The van der Waals surface area contributed by atoms with Crippen LogP contribution in [0.4, 0.5) is 0 Å². The summed E-state index contributed by atoms with van der Waals surface area (Å²) < 4.78 is 0. The number of hydrogen-bond acceptors (Lipinski definition) is 2. The van der Waals surface area contributed by atoms with Crippen LogP contribution in [0.1, 0.15) is 43.5 Å². The fourth-order valence-corrected chi connectivity index (χ4v) is 2.33. The summed E-state index contributed by atoms with van der Waals surface area (Å²) in [5.41, 5.74) is 0.528. The number of hydrogen-bond donors (Lipinski definition) is 0. The van der Waals surface area contributed by atoms with E-state index in [1.165, 1.54) is 12.8 Å². The lowest BCUT2D eigenvalue weighted by Crippen LogP contribution is -2.27. The van der Waals surface area contributed by atoms with Crippen molar-refractivity contribution < 1.29 is 4.79 Å². The number of halogens is 2. The normalized spacial score (nSPS) is 11.0. The molecule has 4 heteroatoms. The molecule has 19 heavy (non-hydrogen) atoms. The number of ketones is 1. The van der Waals surface area contributed by atoms with E-state index in [-0.39, 0.29) is 5.78 Å². The first-order valence-corrected chi connectivity index (χ1v) is 7.55. The molecule has 0 radical (unpaired) electrons. The fraction of sp³-hybridized carbons (Fsp3) is 0.533. The van der Waals surface area contributed by atoms with Gasteiger partial charge in [-0.05, 0) is 31.6 Å². The third kappa shape index (κ3) is 5.13. The van der Waals surface area contributed by atoms with E-state index in [0.29, 0.717) is 22.0 Å². The smallest absolute Gasteiger partial charge is 0.165 e. The van der Waals surface area contributed by atoms with Gasteiger partial charge in [-0.2, -0.15) is 0 Å². The summed E-state index contributed by atoms with van der Waals surface area (Å²) in [5.74, 6) is 0.0578. The lowest BCUT2D eigenvalue weighted by Gasteiger charge is -2.19. The zero-order chi connectivity index (χ0) is 14.3. The minimum absolute atomic E-state index is 0.0578. The molecular weight excluding hydrogens is 281 g/mol. The van der Waals surface area contributed by atoms with Crippen molar-refractivity contribution in [3.63, 3.8) is 0 Å². The van der Waals surface area contributed by atoms with Crippen molar-refractivity contribution >= 4 is 29.0 Å². The zero-order valence-electron chi connectivity index (χ0n) is 11.6. The van der Waals surface area contributed by atoms with Crippen LogP contribution in [0.15, 0.2) is 18.2 Å². The molecule has 0 fully saturated rings. The summed E-state index contributed by atoms with van der Waals surface area (Å²) in [6, 6.07) is 5.19. The Labute approximate surface area is 125 Å². The molecule has 0 unspecified atom stereocenters. The maximum atomic E-state index is 12.1. The van der Waals surface area contributed by atoms with Gasteiger partial charge in [-0.1, -0.05) is 49.5 Å². The summed E-state index contributed by atoms with van der Waals surface area (Å²) in [6.07, 6.45) is 2.82. The Balaban J connectivity index is 2.57. The molecule has 0 aliphatic carbocycles. The topological polar surface area (TPSA) is 20.3 Å². The average molecular weight is 302 g/mol. The monoisotopic (exact) mass is 301 g/mol. The maximum absolute atomic E-state index is 12.1. The van der Waals surface area contributed by atoms with Crippen LogP contribution in [0, 0.1) is 0 Å². The zero-order valence-corrected chi connectivity index (χ0v) is 13.1. The lowest BCUT2D eigenvalue weighted by atomic mass is 10.1. The lowest BCUT2D eigenvalue weighted by molar-refractivity contribution is 0.0965. The Morgan fingerprint density at radius 3 is 2.58 bits per heavy atom. The fourth-order valence-electron chi connectivity index (χ4n) is 1.92. The number of Topliss-reactive ketones (excluding diaryl/α,β-unsaturated/α-hetero) is 1. The molecule has 1 aromatic rings. The molecular formula is C15H21Cl2NO. The van der Waals surface area contributed by atoms with Crippen LogP contribution < -0.4 is 0 Å². The van der Waals surface area contributed by atoms with E-state index >= 15 is 0 Å². The standard InChI is InChI=1S/C15H21Cl2NO/c1-3-5-10-18(4-2)11-9-14(19)12-7-6-8-13(16)15(12)17/h6-8H,3-5,9-11H2,1-2H3. The van der Waals surface area contributed by atoms with Crippen LogP contribution >= 0.6 is 23.2 Å². The first-order chi connectivity index (χ1) is 9.10. The van der Waals surface area contributed by atoms with E-state index in [1.807, 2.05) is 0 Å². The minimum Gasteiger partial charge on any atom is -0.303 e. The van der Waals surface area contributed by atoms with Crippen LogP contribution in [-0.2, 0) is 0 Å². The van der Waals surface area contributed by atoms with Gasteiger partial charge in [0, 0.05) is 18.5 Å². The van der Waals surface area contributed by atoms with Crippen molar-refractivity contribution in [2.75, 3.05) is 19.6 Å². The van der Waals surface area contributed by atoms with Gasteiger partial charge in [-0.3, -0.25) is 4.79 Å². The highest BCUT2D eigenvalue weighted by Crippen LogP contribution is 2.26. The van der Waals surface area contributed by atoms with Crippen molar-refractivity contribution in [2.45, 2.75) is 33.1 Å². The Morgan fingerprint density at radius 1 is 1.21 bits per heavy atom. The number of carbonyl (C=O) groups excluding carboxylic acids is 1. The average Bonchev–Trinajstić information content (AvgIpc) is 2.42. The molecule has 106 valence electrons. The van der Waals surface area contributed by atoms with Crippen LogP contribution in [-0.4, -0.2) is 30.3 Å². The largest absolute Gasteiger partial charge is 0.303 e. The van der Waals surface area contributed by atoms with Crippen LogP contribution in [0.3, 0.4) is 0 Å². The molecule has 0 heterocycles. The van der Waals surface area contributed by atoms with Gasteiger partial charge in [-0.15, -0.1) is 0 Å². The molecule has 0 atom stereocenters. The quantitative estimate of drug-likeness (QED) is 0.649. The number of benzene rings is 1. The Bertz CT molecular complexity index is 421. The number of rotatable bonds is 8. The second-order valence-corrected chi connectivity index (χ2v) is 5.35. The van der Waals surface area contributed by atoms with Gasteiger partial charge in [-0.25, -0.2) is 0 Å². The molecule has 0 aliphatic heterocycles. The van der Waals surface area contributed by atoms with E-state index in [0.717, 1.165) is 19.6 Å². The van der Waals surface area contributed by atoms with Crippen molar-refractivity contribution in [1.82, 2.24) is 4.90 Å². The van der Waals surface area contributed by atoms with Crippen molar-refractivity contribution in [2.24, 2.45) is 0 Å². The van der Waals surface area contributed by atoms with Gasteiger partial charge in [0.15, 0.2) is 5.78 Å². The van der Waals surface area contributed by atoms with Crippen molar-refractivity contribution in [1.29, 1.82) is 0 Å². The first-order valence-electron chi connectivity index (χ1n) is 6.79. The summed E-state index contributed by atoms with van der Waals surface area (Å²) >= 11 is 12.0. The SMILES string of the molecule is CCCCN(CC)CCC(=O)c1cccc(Cl)c1Cl. The summed E-state index contributed by atoms with van der Waals surface area (Å²) in [5, 5.41) is 0.802. The molecule has 0 saturated heterocycles. The molecule has 1 rings (SSSR count). The summed E-state index contributed by atoms with van der Waals surface area (Å²) in [6.45, 7) is 7.08. The van der Waals surface area contributed by atoms with E-state index < -0.39 is 0 Å². The number of carbonyl (C=O) groups is 1. The first kappa shape index (κ1) is 16.5. The van der Waals surface area contributed by atoms with Gasteiger partial charge in [0.25, 0.3) is 0 Å². The molecule has 0 amide bonds. The van der Waals surface area contributed by atoms with Crippen LogP contribution in [0.2, 0.25) is 10.0 Å². The van der Waals surface area contributed by atoms with E-state index in [1.54, 1.807) is 18.2 Å². The molecule has 0 spiro atoms. The highest BCUT2D eigenvalue weighted by molar-refractivity contribution is 6.43. The molecule has 0 aliphatic rings. The molecule has 0 bridgehead atoms. The van der Waals surface area contributed by atoms with Gasteiger partial charge in [0.1, 0.15) is 0 Å². The Hall–Kier alpha value is -0.570. The van der Waals surface area contributed by atoms with E-state index in [2.05, 4.69) is 18.7 Å². The summed E-state index contributed by atoms with van der Waals surface area (Å²) in [4.78, 5) is 14.4. The van der Waals surface area contributed by atoms with Gasteiger partial charge < -0.3 is 4.90 Å². The minimum atomic E-state index is 0.0578. The highest BCUT2D eigenvalue weighted by Gasteiger charge is 2.13. The molecule has 2 nitrogen and oxygen atoms in total. The molecule has 1 aromatic carbocycles. The predicted octanol–water partition coefficient (Wildman–Crippen LogP) is 4.69. The van der Waals surface area contributed by atoms with E-state index in [9.17, 15) is 4.79 Å². The number of unbranched alkanes of at least 4 members (excludes halogenated alkanes) is 1. The van der Waals surface area contributed by atoms with Gasteiger partial charge in [0.05, 0.1) is 10.0 Å². The maximum Gasteiger partial charge on any atom is 0.165 e. The second kappa shape index (κ2) is 8.57. The van der Waals surface area contributed by atoms with Crippen LogP contribution in [0.25, 0.3) is 0 Å². The highest BCUT2D eigenvalue weighted by atomic mass is 35.5. The third-order valence-electron chi connectivity index (χ3n) is 3.18. The molecule has 0 aromatic heterocycles. The van der Waals surface area contributed by atoms with Crippen LogP contribution in [0.5, 0.6) is 0 Å². The van der Waals surface area contributed by atoms with Gasteiger partial charge >= 0.3 is 0 Å². The third-order valence-corrected chi connectivity index (χ3v) is 4.00. The summed E-state index contributed by atoms with van der Waals surface area (Å²) in [7, 11) is 0. The van der Waals surface area contributed by atoms with E-state index in [4.69, 9.17) is 23.2 Å². The van der Waals surface area contributed by atoms with Gasteiger partial charge in [0.2, 0.25) is 0 Å². The molecule has 0 saturated carbocycles. The Morgan fingerprint density at radius 2 is 1.95 bits per heavy atom.